The van der Waals surface area contributed by atoms with E-state index in [1.165, 1.54) is 17.3 Å². The van der Waals surface area contributed by atoms with E-state index >= 15 is 0 Å². The molecule has 0 bridgehead atoms. The Kier molecular flexibility index (Phi) is 4.22. The van der Waals surface area contributed by atoms with E-state index in [0.29, 0.717) is 16.5 Å². The number of aryl methyl sites for hydroxylation is 1. The number of aromatic amines is 1. The molecular formula is C17H14N4S. The average Bonchev–Trinajstić information content (AvgIpc) is 3.02. The van der Waals surface area contributed by atoms with Gasteiger partial charge in [0, 0.05) is 11.3 Å². The van der Waals surface area contributed by atoms with Crippen molar-refractivity contribution in [2.45, 2.75) is 17.8 Å². The van der Waals surface area contributed by atoms with Gasteiger partial charge in [0.05, 0.1) is 11.6 Å². The normalized spacial score (nSPS) is 10.4. The molecule has 22 heavy (non-hydrogen) atoms. The highest BCUT2D eigenvalue weighted by atomic mass is 32.2. The summed E-state index contributed by atoms with van der Waals surface area (Å²) in [5.74, 6) is 1.44. The number of benzene rings is 2. The minimum Gasteiger partial charge on any atom is -0.258 e. The van der Waals surface area contributed by atoms with Crippen LogP contribution in [0.3, 0.4) is 0 Å². The van der Waals surface area contributed by atoms with Crippen LogP contribution in [0.1, 0.15) is 16.7 Å². The van der Waals surface area contributed by atoms with Gasteiger partial charge in [-0.25, -0.2) is 4.98 Å². The minimum atomic E-state index is 0.675. The van der Waals surface area contributed by atoms with Crippen molar-refractivity contribution in [1.82, 2.24) is 15.2 Å². The number of hydrogen-bond acceptors (Lipinski definition) is 4. The van der Waals surface area contributed by atoms with Crippen molar-refractivity contribution < 1.29 is 0 Å². The van der Waals surface area contributed by atoms with Gasteiger partial charge in [-0.15, -0.1) is 5.10 Å². The van der Waals surface area contributed by atoms with Gasteiger partial charge < -0.3 is 0 Å². The minimum absolute atomic E-state index is 0.675. The maximum Gasteiger partial charge on any atom is 0.209 e. The summed E-state index contributed by atoms with van der Waals surface area (Å²) in [5.41, 5.74) is 3.91. The lowest BCUT2D eigenvalue weighted by Gasteiger charge is -2.00. The van der Waals surface area contributed by atoms with Gasteiger partial charge in [0.25, 0.3) is 0 Å². The number of nitriles is 1. The SMILES string of the molecule is Cc1cccc(-c2nc(SCc3ccccc3C#N)n[nH]2)c1. The summed E-state index contributed by atoms with van der Waals surface area (Å²) in [5, 5.41) is 17.0. The first-order chi connectivity index (χ1) is 10.8. The second-order valence-corrected chi connectivity index (χ2v) is 5.84. The van der Waals surface area contributed by atoms with Gasteiger partial charge in [0.1, 0.15) is 0 Å². The molecule has 1 heterocycles. The molecule has 5 heteroatoms. The second kappa shape index (κ2) is 6.46. The molecule has 3 aromatic rings. The summed E-state index contributed by atoms with van der Waals surface area (Å²) >= 11 is 1.52. The molecule has 1 aromatic heterocycles. The highest BCUT2D eigenvalue weighted by molar-refractivity contribution is 7.98. The maximum atomic E-state index is 9.10. The lowest BCUT2D eigenvalue weighted by molar-refractivity contribution is 0.973. The third-order valence-electron chi connectivity index (χ3n) is 3.25. The van der Waals surface area contributed by atoms with Crippen molar-refractivity contribution in [3.05, 3.63) is 65.2 Å². The van der Waals surface area contributed by atoms with Crippen molar-refractivity contribution in [1.29, 1.82) is 5.26 Å². The highest BCUT2D eigenvalue weighted by Gasteiger charge is 2.08. The van der Waals surface area contributed by atoms with Crippen molar-refractivity contribution in [3.63, 3.8) is 0 Å². The van der Waals surface area contributed by atoms with Crippen molar-refractivity contribution in [3.8, 4) is 17.5 Å². The van der Waals surface area contributed by atoms with E-state index in [0.717, 1.165) is 17.0 Å². The lowest BCUT2D eigenvalue weighted by Crippen LogP contribution is -1.87. The topological polar surface area (TPSA) is 65.4 Å². The first-order valence-electron chi connectivity index (χ1n) is 6.86. The summed E-state index contributed by atoms with van der Waals surface area (Å²) in [6, 6.07) is 17.9. The predicted molar refractivity (Wildman–Crippen MR) is 87.3 cm³/mol. The van der Waals surface area contributed by atoms with E-state index < -0.39 is 0 Å². The Balaban J connectivity index is 1.74. The molecule has 3 rings (SSSR count). The van der Waals surface area contributed by atoms with Gasteiger partial charge in [-0.2, -0.15) is 5.26 Å². The third kappa shape index (κ3) is 3.18. The molecule has 0 unspecified atom stereocenters. The Morgan fingerprint density at radius 1 is 1.18 bits per heavy atom. The van der Waals surface area contributed by atoms with Crippen LogP contribution in [0.4, 0.5) is 0 Å². The van der Waals surface area contributed by atoms with E-state index in [9.17, 15) is 0 Å². The van der Waals surface area contributed by atoms with E-state index in [-0.39, 0.29) is 0 Å². The zero-order valence-electron chi connectivity index (χ0n) is 12.1. The van der Waals surface area contributed by atoms with Gasteiger partial charge >= 0.3 is 0 Å². The number of nitrogens with one attached hydrogen (secondary N) is 1. The fourth-order valence-corrected chi connectivity index (χ4v) is 2.93. The first kappa shape index (κ1) is 14.4. The number of aromatic nitrogens is 3. The van der Waals surface area contributed by atoms with Gasteiger partial charge in [0.2, 0.25) is 5.16 Å². The summed E-state index contributed by atoms with van der Waals surface area (Å²) in [4.78, 5) is 4.51. The zero-order chi connectivity index (χ0) is 15.4. The van der Waals surface area contributed by atoms with Gasteiger partial charge in [-0.1, -0.05) is 53.7 Å². The van der Waals surface area contributed by atoms with Crippen LogP contribution < -0.4 is 0 Å². The molecule has 0 saturated heterocycles. The number of thioether (sulfide) groups is 1. The lowest BCUT2D eigenvalue weighted by atomic mass is 10.1. The fraction of sp³-hybridized carbons (Fsp3) is 0.118. The largest absolute Gasteiger partial charge is 0.258 e. The molecule has 0 atom stereocenters. The Hall–Kier alpha value is -2.58. The van der Waals surface area contributed by atoms with Crippen LogP contribution in [0.5, 0.6) is 0 Å². The van der Waals surface area contributed by atoms with Crippen molar-refractivity contribution in [2.75, 3.05) is 0 Å². The van der Waals surface area contributed by atoms with Gasteiger partial charge in [0.15, 0.2) is 5.82 Å². The Labute approximate surface area is 133 Å². The molecule has 0 aliphatic heterocycles. The number of H-pyrrole nitrogens is 1. The Morgan fingerprint density at radius 2 is 2.05 bits per heavy atom. The third-order valence-corrected chi connectivity index (χ3v) is 4.15. The van der Waals surface area contributed by atoms with Crippen LogP contribution in [-0.4, -0.2) is 15.2 Å². The number of nitrogens with zero attached hydrogens (tertiary/aromatic N) is 3. The van der Waals surface area contributed by atoms with E-state index in [4.69, 9.17) is 5.26 Å². The summed E-state index contributed by atoms with van der Waals surface area (Å²) in [7, 11) is 0. The van der Waals surface area contributed by atoms with Crippen LogP contribution in [0.2, 0.25) is 0 Å². The molecule has 4 nitrogen and oxygen atoms in total. The molecule has 0 radical (unpaired) electrons. The fourth-order valence-electron chi connectivity index (χ4n) is 2.13. The maximum absolute atomic E-state index is 9.10. The molecular weight excluding hydrogens is 292 g/mol. The molecule has 0 saturated carbocycles. The molecule has 0 spiro atoms. The van der Waals surface area contributed by atoms with Crippen LogP contribution >= 0.6 is 11.8 Å². The summed E-state index contributed by atoms with van der Waals surface area (Å²) in [6.45, 7) is 2.05. The quantitative estimate of drug-likeness (QED) is 0.741. The molecule has 0 amide bonds. The molecule has 0 aliphatic carbocycles. The average molecular weight is 306 g/mol. The smallest absolute Gasteiger partial charge is 0.209 e. The molecule has 108 valence electrons. The van der Waals surface area contributed by atoms with Crippen molar-refractivity contribution in [2.24, 2.45) is 0 Å². The molecule has 0 fully saturated rings. The van der Waals surface area contributed by atoms with Crippen LogP contribution in [0.25, 0.3) is 11.4 Å². The van der Waals surface area contributed by atoms with E-state index in [1.807, 2.05) is 49.4 Å². The van der Waals surface area contributed by atoms with Gasteiger partial charge in [-0.05, 0) is 24.6 Å². The second-order valence-electron chi connectivity index (χ2n) is 4.89. The monoisotopic (exact) mass is 306 g/mol. The van der Waals surface area contributed by atoms with Crippen molar-refractivity contribution >= 4 is 11.8 Å². The predicted octanol–water partition coefficient (Wildman–Crippen LogP) is 3.94. The zero-order valence-corrected chi connectivity index (χ0v) is 12.9. The summed E-state index contributed by atoms with van der Waals surface area (Å²) < 4.78 is 0. The van der Waals surface area contributed by atoms with Crippen LogP contribution in [-0.2, 0) is 5.75 Å². The summed E-state index contributed by atoms with van der Waals surface area (Å²) in [6.07, 6.45) is 0. The van der Waals surface area contributed by atoms with Crippen LogP contribution in [0, 0.1) is 18.3 Å². The first-order valence-corrected chi connectivity index (χ1v) is 7.85. The van der Waals surface area contributed by atoms with Gasteiger partial charge in [-0.3, -0.25) is 5.10 Å². The van der Waals surface area contributed by atoms with E-state index in [1.54, 1.807) is 0 Å². The Bertz CT molecular complexity index is 832. The van der Waals surface area contributed by atoms with E-state index in [2.05, 4.69) is 27.3 Å². The molecule has 1 N–H and O–H groups in total. The number of rotatable bonds is 4. The standard InChI is InChI=1S/C17H14N4S/c1-12-5-4-8-13(9-12)16-19-17(21-20-16)22-11-15-7-3-2-6-14(15)10-18/h2-9H,11H2,1H3,(H,19,20,21). The molecule has 2 aromatic carbocycles. The Morgan fingerprint density at radius 3 is 2.86 bits per heavy atom. The van der Waals surface area contributed by atoms with Crippen LogP contribution in [0.15, 0.2) is 53.7 Å². The highest BCUT2D eigenvalue weighted by Crippen LogP contribution is 2.24. The number of hydrogen-bond donors (Lipinski definition) is 1. The molecule has 0 aliphatic rings.